The molecule has 6 heteroatoms. The molecule has 1 aliphatic carbocycles. The van der Waals surface area contributed by atoms with Gasteiger partial charge in [-0.2, -0.15) is 5.26 Å². The van der Waals surface area contributed by atoms with Crippen LogP contribution in [0.3, 0.4) is 0 Å². The zero-order valence-electron chi connectivity index (χ0n) is 12.8. The standard InChI is InChI=1S/C18H15FN2O3/c19-14-9-12(10-20)5-8-15(14)24-17-4-2-1-3-16(17)23-11-18(22)21-13-6-7-13/h1-5,8-9,13H,6-7,11H2,(H,21,22). The van der Waals surface area contributed by atoms with Crippen LogP contribution in [0.1, 0.15) is 18.4 Å². The molecule has 0 spiro atoms. The van der Waals surface area contributed by atoms with Crippen LogP contribution in [0.5, 0.6) is 17.2 Å². The van der Waals surface area contributed by atoms with Crippen LogP contribution in [0, 0.1) is 17.1 Å². The summed E-state index contributed by atoms with van der Waals surface area (Å²) in [5.74, 6) is -0.229. The van der Waals surface area contributed by atoms with Crippen molar-refractivity contribution in [3.8, 4) is 23.3 Å². The van der Waals surface area contributed by atoms with Gasteiger partial charge < -0.3 is 14.8 Å². The Labute approximate surface area is 138 Å². The summed E-state index contributed by atoms with van der Waals surface area (Å²) in [6, 6.07) is 12.8. The van der Waals surface area contributed by atoms with Gasteiger partial charge in [-0.15, -0.1) is 0 Å². The fourth-order valence-electron chi connectivity index (χ4n) is 2.07. The van der Waals surface area contributed by atoms with E-state index in [1.54, 1.807) is 24.3 Å². The van der Waals surface area contributed by atoms with Crippen LogP contribution in [0.2, 0.25) is 0 Å². The Balaban J connectivity index is 1.69. The topological polar surface area (TPSA) is 71.3 Å². The molecule has 0 aliphatic heterocycles. The van der Waals surface area contributed by atoms with Crippen molar-refractivity contribution < 1.29 is 18.7 Å². The first kappa shape index (κ1) is 15.8. The average Bonchev–Trinajstić information content (AvgIpc) is 3.39. The van der Waals surface area contributed by atoms with Gasteiger partial charge in [0.15, 0.2) is 29.7 Å². The molecule has 0 saturated heterocycles. The van der Waals surface area contributed by atoms with Crippen molar-refractivity contribution in [1.82, 2.24) is 5.32 Å². The number of ether oxygens (including phenoxy) is 2. The van der Waals surface area contributed by atoms with Gasteiger partial charge in [0.1, 0.15) is 0 Å². The number of carbonyl (C=O) groups is 1. The van der Waals surface area contributed by atoms with Gasteiger partial charge in [-0.3, -0.25) is 4.79 Å². The van der Waals surface area contributed by atoms with E-state index in [0.717, 1.165) is 18.9 Å². The summed E-state index contributed by atoms with van der Waals surface area (Å²) >= 11 is 0. The first-order valence-electron chi connectivity index (χ1n) is 7.54. The molecule has 0 unspecified atom stereocenters. The lowest BCUT2D eigenvalue weighted by Gasteiger charge is -2.12. The minimum atomic E-state index is -0.643. The zero-order chi connectivity index (χ0) is 16.9. The quantitative estimate of drug-likeness (QED) is 0.885. The summed E-state index contributed by atoms with van der Waals surface area (Å²) < 4.78 is 24.9. The maximum absolute atomic E-state index is 13.9. The molecule has 1 saturated carbocycles. The first-order chi connectivity index (χ1) is 11.7. The third-order valence-electron chi connectivity index (χ3n) is 3.43. The number of nitrogens with one attached hydrogen (secondary N) is 1. The van der Waals surface area contributed by atoms with Crippen LogP contribution in [-0.2, 0) is 4.79 Å². The van der Waals surface area contributed by atoms with Crippen LogP contribution >= 0.6 is 0 Å². The van der Waals surface area contributed by atoms with Gasteiger partial charge in [0, 0.05) is 6.04 Å². The Kier molecular flexibility index (Phi) is 4.62. The molecule has 1 N–H and O–H groups in total. The van der Waals surface area contributed by atoms with E-state index in [2.05, 4.69) is 5.32 Å². The molecule has 0 radical (unpaired) electrons. The SMILES string of the molecule is N#Cc1ccc(Oc2ccccc2OCC(=O)NC2CC2)c(F)c1. The number of nitrogens with zero attached hydrogens (tertiary/aromatic N) is 1. The Morgan fingerprint density at radius 1 is 1.21 bits per heavy atom. The second kappa shape index (κ2) is 7.01. The summed E-state index contributed by atoms with van der Waals surface area (Å²) in [7, 11) is 0. The van der Waals surface area contributed by atoms with E-state index in [1.165, 1.54) is 12.1 Å². The number of benzene rings is 2. The number of nitriles is 1. The predicted octanol–water partition coefficient (Wildman–Crippen LogP) is 3.15. The average molecular weight is 326 g/mol. The number of hydrogen-bond donors (Lipinski definition) is 1. The smallest absolute Gasteiger partial charge is 0.258 e. The number of halogens is 1. The number of amides is 1. The third-order valence-corrected chi connectivity index (χ3v) is 3.43. The number of hydrogen-bond acceptors (Lipinski definition) is 4. The molecule has 0 heterocycles. The van der Waals surface area contributed by atoms with E-state index in [0.29, 0.717) is 11.5 Å². The van der Waals surface area contributed by atoms with Crippen molar-refractivity contribution in [1.29, 1.82) is 5.26 Å². The third kappa shape index (κ3) is 4.02. The Morgan fingerprint density at radius 2 is 1.96 bits per heavy atom. The minimum Gasteiger partial charge on any atom is -0.480 e. The van der Waals surface area contributed by atoms with E-state index < -0.39 is 5.82 Å². The van der Waals surface area contributed by atoms with Crippen molar-refractivity contribution in [3.63, 3.8) is 0 Å². The first-order valence-corrected chi connectivity index (χ1v) is 7.54. The minimum absolute atomic E-state index is 0.0209. The van der Waals surface area contributed by atoms with Crippen LogP contribution in [-0.4, -0.2) is 18.6 Å². The van der Waals surface area contributed by atoms with E-state index in [4.69, 9.17) is 14.7 Å². The molecule has 0 bridgehead atoms. The van der Waals surface area contributed by atoms with Crippen molar-refractivity contribution >= 4 is 5.91 Å². The van der Waals surface area contributed by atoms with Gasteiger partial charge in [-0.05, 0) is 43.2 Å². The molecular weight excluding hydrogens is 311 g/mol. The van der Waals surface area contributed by atoms with E-state index in [1.807, 2.05) is 6.07 Å². The van der Waals surface area contributed by atoms with Crippen molar-refractivity contribution in [3.05, 3.63) is 53.8 Å². The highest BCUT2D eigenvalue weighted by Crippen LogP contribution is 2.32. The summed E-state index contributed by atoms with van der Waals surface area (Å²) in [6.45, 7) is -0.132. The van der Waals surface area contributed by atoms with Crippen molar-refractivity contribution in [2.24, 2.45) is 0 Å². The summed E-state index contributed by atoms with van der Waals surface area (Å²) in [5.41, 5.74) is 0.209. The number of carbonyl (C=O) groups excluding carboxylic acids is 1. The monoisotopic (exact) mass is 326 g/mol. The van der Waals surface area contributed by atoms with Crippen LogP contribution < -0.4 is 14.8 Å². The fourth-order valence-corrected chi connectivity index (χ4v) is 2.07. The van der Waals surface area contributed by atoms with Crippen LogP contribution in [0.25, 0.3) is 0 Å². The van der Waals surface area contributed by atoms with Gasteiger partial charge in [-0.1, -0.05) is 12.1 Å². The Morgan fingerprint density at radius 3 is 2.62 bits per heavy atom. The summed E-state index contributed by atoms with van der Waals surface area (Å²) in [5, 5.41) is 11.6. The molecule has 0 aromatic heterocycles. The van der Waals surface area contributed by atoms with Gasteiger partial charge >= 0.3 is 0 Å². The van der Waals surface area contributed by atoms with E-state index in [-0.39, 0.29) is 29.9 Å². The lowest BCUT2D eigenvalue weighted by atomic mass is 10.2. The molecule has 5 nitrogen and oxygen atoms in total. The molecule has 2 aromatic carbocycles. The Hall–Kier alpha value is -3.07. The highest BCUT2D eigenvalue weighted by molar-refractivity contribution is 5.78. The summed E-state index contributed by atoms with van der Waals surface area (Å²) in [4.78, 5) is 11.7. The predicted molar refractivity (Wildman–Crippen MR) is 84.3 cm³/mol. The Bertz CT molecular complexity index is 797. The second-order valence-electron chi connectivity index (χ2n) is 5.44. The number of rotatable bonds is 6. The highest BCUT2D eigenvalue weighted by atomic mass is 19.1. The molecule has 0 atom stereocenters. The summed E-state index contributed by atoms with van der Waals surface area (Å²) in [6.07, 6.45) is 2.01. The van der Waals surface area contributed by atoms with Gasteiger partial charge in [0.2, 0.25) is 0 Å². The van der Waals surface area contributed by atoms with Gasteiger partial charge in [-0.25, -0.2) is 4.39 Å². The number of para-hydroxylation sites is 2. The highest BCUT2D eigenvalue weighted by Gasteiger charge is 2.23. The molecule has 1 amide bonds. The van der Waals surface area contributed by atoms with Crippen LogP contribution in [0.4, 0.5) is 4.39 Å². The molecule has 3 rings (SSSR count). The molecule has 1 aliphatic rings. The largest absolute Gasteiger partial charge is 0.480 e. The maximum atomic E-state index is 13.9. The van der Waals surface area contributed by atoms with E-state index >= 15 is 0 Å². The zero-order valence-corrected chi connectivity index (χ0v) is 12.8. The molecule has 2 aromatic rings. The lowest BCUT2D eigenvalue weighted by Crippen LogP contribution is -2.30. The van der Waals surface area contributed by atoms with Gasteiger partial charge in [0.05, 0.1) is 11.6 Å². The lowest BCUT2D eigenvalue weighted by molar-refractivity contribution is -0.123. The molecule has 1 fully saturated rings. The van der Waals surface area contributed by atoms with Crippen molar-refractivity contribution in [2.45, 2.75) is 18.9 Å². The van der Waals surface area contributed by atoms with Crippen LogP contribution in [0.15, 0.2) is 42.5 Å². The second-order valence-corrected chi connectivity index (χ2v) is 5.44. The normalized spacial score (nSPS) is 13.0. The van der Waals surface area contributed by atoms with E-state index in [9.17, 15) is 9.18 Å². The van der Waals surface area contributed by atoms with Gasteiger partial charge in [0.25, 0.3) is 5.91 Å². The van der Waals surface area contributed by atoms with Crippen molar-refractivity contribution in [2.75, 3.05) is 6.61 Å². The molecular formula is C18H15FN2O3. The maximum Gasteiger partial charge on any atom is 0.258 e. The fraction of sp³-hybridized carbons (Fsp3) is 0.222. The molecule has 122 valence electrons. The molecule has 24 heavy (non-hydrogen) atoms.